The lowest BCUT2D eigenvalue weighted by atomic mass is 10.2. The van der Waals surface area contributed by atoms with Crippen LogP contribution in [0.5, 0.6) is 0 Å². The van der Waals surface area contributed by atoms with Crippen molar-refractivity contribution < 1.29 is 30.0 Å². The second-order valence-corrected chi connectivity index (χ2v) is 9.69. The molecule has 4 heterocycles. The first-order chi connectivity index (χ1) is 15.8. The molecule has 3 unspecified atom stereocenters. The van der Waals surface area contributed by atoms with Crippen LogP contribution in [-0.2, 0) is 14.4 Å². The molecule has 4 aliphatic heterocycles. The fourth-order valence-electron chi connectivity index (χ4n) is 5.32. The fraction of sp³-hybridized carbons (Fsp3) is 0.857. The maximum atomic E-state index is 11.7. The highest BCUT2D eigenvalue weighted by molar-refractivity contribution is 5.78. The number of hydrogen-bond donors (Lipinski definition) is 3. The van der Waals surface area contributed by atoms with Gasteiger partial charge in [-0.1, -0.05) is 0 Å². The molecular formula is C21H36N6O6. The molecule has 186 valence electrons. The number of carbonyl (C=O) groups excluding carboxylic acids is 3. The molecule has 4 saturated heterocycles. The van der Waals surface area contributed by atoms with E-state index in [1.807, 2.05) is 0 Å². The minimum Gasteiger partial charge on any atom is -0.299 e. The van der Waals surface area contributed by atoms with Crippen LogP contribution < -0.4 is 0 Å². The van der Waals surface area contributed by atoms with Gasteiger partial charge in [-0.05, 0) is 19.3 Å². The molecule has 0 radical (unpaired) electrons. The van der Waals surface area contributed by atoms with E-state index >= 15 is 0 Å². The summed E-state index contributed by atoms with van der Waals surface area (Å²) in [6.45, 7) is 6.18. The molecule has 0 bridgehead atoms. The van der Waals surface area contributed by atoms with Gasteiger partial charge >= 0.3 is 0 Å². The number of hydroxylamine groups is 6. The largest absolute Gasteiger partial charge is 0.299 e. The van der Waals surface area contributed by atoms with Crippen molar-refractivity contribution in [3.8, 4) is 0 Å². The molecule has 3 atom stereocenters. The molecule has 0 aliphatic carbocycles. The normalized spacial score (nSPS) is 31.5. The van der Waals surface area contributed by atoms with Crippen LogP contribution in [0.25, 0.3) is 0 Å². The summed E-state index contributed by atoms with van der Waals surface area (Å²) in [4.78, 5) is 41.9. The van der Waals surface area contributed by atoms with Gasteiger partial charge in [0.25, 0.3) is 0 Å². The summed E-state index contributed by atoms with van der Waals surface area (Å²) >= 11 is 0. The zero-order valence-electron chi connectivity index (χ0n) is 19.1. The van der Waals surface area contributed by atoms with Crippen LogP contribution in [0.15, 0.2) is 0 Å². The first-order valence-corrected chi connectivity index (χ1v) is 12.0. The smallest absolute Gasteiger partial charge is 0.246 e. The summed E-state index contributed by atoms with van der Waals surface area (Å²) in [5.41, 5.74) is 0. The Morgan fingerprint density at radius 1 is 0.515 bits per heavy atom. The van der Waals surface area contributed by atoms with Crippen molar-refractivity contribution in [2.45, 2.75) is 56.7 Å². The van der Waals surface area contributed by atoms with Crippen LogP contribution in [0.4, 0.5) is 0 Å². The van der Waals surface area contributed by atoms with E-state index in [-0.39, 0.29) is 35.8 Å². The molecule has 12 heteroatoms. The van der Waals surface area contributed by atoms with Gasteiger partial charge in [0, 0.05) is 78.2 Å². The van der Waals surface area contributed by atoms with Crippen LogP contribution in [0.3, 0.4) is 0 Å². The van der Waals surface area contributed by atoms with E-state index in [4.69, 9.17) is 0 Å². The zero-order chi connectivity index (χ0) is 23.5. The Labute approximate surface area is 193 Å². The van der Waals surface area contributed by atoms with Crippen molar-refractivity contribution >= 4 is 17.7 Å². The van der Waals surface area contributed by atoms with Crippen molar-refractivity contribution in [2.75, 3.05) is 58.9 Å². The average molecular weight is 469 g/mol. The van der Waals surface area contributed by atoms with Gasteiger partial charge in [-0.15, -0.1) is 0 Å². The molecule has 0 aromatic rings. The molecule has 4 rings (SSSR count). The Balaban J connectivity index is 1.40. The molecule has 4 aliphatic rings. The fourth-order valence-corrected chi connectivity index (χ4v) is 5.32. The van der Waals surface area contributed by atoms with Crippen molar-refractivity contribution in [1.82, 2.24) is 29.9 Å². The van der Waals surface area contributed by atoms with E-state index in [1.54, 1.807) is 0 Å². The van der Waals surface area contributed by atoms with Crippen molar-refractivity contribution in [1.29, 1.82) is 0 Å². The van der Waals surface area contributed by atoms with Crippen LogP contribution in [0, 0.1) is 0 Å². The molecule has 33 heavy (non-hydrogen) atoms. The molecule has 12 nitrogen and oxygen atoms in total. The van der Waals surface area contributed by atoms with E-state index < -0.39 is 0 Å². The van der Waals surface area contributed by atoms with E-state index in [9.17, 15) is 30.0 Å². The number of rotatable bonds is 6. The van der Waals surface area contributed by atoms with Gasteiger partial charge in [0.05, 0.1) is 18.1 Å². The first-order valence-electron chi connectivity index (χ1n) is 12.0. The Morgan fingerprint density at radius 2 is 0.758 bits per heavy atom. The second-order valence-electron chi connectivity index (χ2n) is 9.69. The SMILES string of the molecule is O=C1CCC(CN2CCN(CC3CCC(=O)N3O)CCN(CC3CCC(=O)N3O)CC2)N1O. The molecule has 0 aromatic heterocycles. The lowest BCUT2D eigenvalue weighted by Crippen LogP contribution is -2.46. The highest BCUT2D eigenvalue weighted by Gasteiger charge is 2.35. The van der Waals surface area contributed by atoms with Crippen LogP contribution in [-0.4, -0.2) is 140 Å². The third-order valence-corrected chi connectivity index (χ3v) is 7.48. The van der Waals surface area contributed by atoms with Crippen molar-refractivity contribution in [3.63, 3.8) is 0 Å². The summed E-state index contributed by atoms with van der Waals surface area (Å²) in [5, 5.41) is 32.8. The predicted octanol–water partition coefficient (Wildman–Crippen LogP) is -0.953. The van der Waals surface area contributed by atoms with Crippen LogP contribution >= 0.6 is 0 Å². The van der Waals surface area contributed by atoms with Crippen LogP contribution in [0.1, 0.15) is 38.5 Å². The van der Waals surface area contributed by atoms with Crippen molar-refractivity contribution in [3.05, 3.63) is 0 Å². The minimum atomic E-state index is -0.240. The third kappa shape index (κ3) is 5.81. The molecule has 4 fully saturated rings. The average Bonchev–Trinajstić information content (AvgIpc) is 3.42. The molecule has 0 saturated carbocycles. The predicted molar refractivity (Wildman–Crippen MR) is 114 cm³/mol. The zero-order valence-corrected chi connectivity index (χ0v) is 19.1. The third-order valence-electron chi connectivity index (χ3n) is 7.48. The minimum absolute atomic E-state index is 0.221. The number of amides is 3. The molecule has 3 amide bonds. The van der Waals surface area contributed by atoms with E-state index in [1.165, 1.54) is 0 Å². The maximum Gasteiger partial charge on any atom is 0.246 e. The Kier molecular flexibility index (Phi) is 7.82. The van der Waals surface area contributed by atoms with Gasteiger partial charge in [0.15, 0.2) is 0 Å². The van der Waals surface area contributed by atoms with Crippen molar-refractivity contribution in [2.24, 2.45) is 0 Å². The summed E-state index contributed by atoms with van der Waals surface area (Å²) in [7, 11) is 0. The van der Waals surface area contributed by atoms with Gasteiger partial charge in [-0.25, -0.2) is 15.2 Å². The van der Waals surface area contributed by atoms with E-state index in [0.29, 0.717) is 58.2 Å². The summed E-state index contributed by atoms with van der Waals surface area (Å²) in [6, 6.07) is -0.664. The maximum absolute atomic E-state index is 11.7. The molecule has 3 N–H and O–H groups in total. The lowest BCUT2D eigenvalue weighted by Gasteiger charge is -2.30. The van der Waals surface area contributed by atoms with Gasteiger partial charge in [-0.2, -0.15) is 0 Å². The topological polar surface area (TPSA) is 131 Å². The Hall–Kier alpha value is -1.83. The van der Waals surface area contributed by atoms with Gasteiger partial charge in [0.1, 0.15) is 0 Å². The lowest BCUT2D eigenvalue weighted by molar-refractivity contribution is -0.167. The van der Waals surface area contributed by atoms with Crippen LogP contribution in [0.2, 0.25) is 0 Å². The Bertz CT molecular complexity index is 633. The van der Waals surface area contributed by atoms with Gasteiger partial charge < -0.3 is 0 Å². The van der Waals surface area contributed by atoms with Gasteiger partial charge in [0.2, 0.25) is 17.7 Å². The van der Waals surface area contributed by atoms with E-state index in [0.717, 1.165) is 54.5 Å². The quantitative estimate of drug-likeness (QED) is 0.422. The summed E-state index contributed by atoms with van der Waals surface area (Å²) in [6.07, 6.45) is 2.97. The first kappa shape index (κ1) is 24.3. The number of carbonyl (C=O) groups is 3. The highest BCUT2D eigenvalue weighted by atomic mass is 16.5. The Morgan fingerprint density at radius 3 is 0.939 bits per heavy atom. The second kappa shape index (κ2) is 10.6. The summed E-state index contributed by atoms with van der Waals surface area (Å²) < 4.78 is 0. The highest BCUT2D eigenvalue weighted by Crippen LogP contribution is 2.21. The molecule has 0 spiro atoms. The molecular weight excluding hydrogens is 432 g/mol. The number of nitrogens with zero attached hydrogens (tertiary/aromatic N) is 6. The van der Waals surface area contributed by atoms with Gasteiger partial charge in [-0.3, -0.25) is 44.7 Å². The molecule has 0 aromatic carbocycles. The standard InChI is InChI=1S/C21H36N6O6/c28-19-4-1-16(25(19)31)13-22-7-9-23(14-17-2-5-20(29)26(17)32)11-12-24(10-8-22)15-18-3-6-21(30)27(18)33/h16-18,31-33H,1-15H2. The number of hydrogen-bond acceptors (Lipinski definition) is 9. The monoisotopic (exact) mass is 468 g/mol. The van der Waals surface area contributed by atoms with E-state index in [2.05, 4.69) is 14.7 Å². The summed E-state index contributed by atoms with van der Waals surface area (Å²) in [5.74, 6) is -0.721.